The van der Waals surface area contributed by atoms with E-state index in [1.807, 2.05) is 13.0 Å². The molecule has 0 aromatic heterocycles. The molecule has 0 amide bonds. The Morgan fingerprint density at radius 2 is 2.12 bits per heavy atom. The molecule has 0 radical (unpaired) electrons. The Bertz CT molecular complexity index is 499. The van der Waals surface area contributed by atoms with Gasteiger partial charge in [-0.15, -0.1) is 0 Å². The van der Waals surface area contributed by atoms with Crippen molar-refractivity contribution in [1.29, 1.82) is 0 Å². The summed E-state index contributed by atoms with van der Waals surface area (Å²) in [5, 5.41) is 10.1. The van der Waals surface area contributed by atoms with E-state index < -0.39 is 18.2 Å². The zero-order valence-electron chi connectivity index (χ0n) is 9.52. The summed E-state index contributed by atoms with van der Waals surface area (Å²) in [5.74, 6) is -0.109. The molecule has 0 saturated heterocycles. The molecule has 0 unspecified atom stereocenters. The molecule has 1 rings (SSSR count). The van der Waals surface area contributed by atoms with E-state index in [2.05, 4.69) is 0 Å². The van der Waals surface area contributed by atoms with Gasteiger partial charge in [0.05, 0.1) is 5.75 Å². The van der Waals surface area contributed by atoms with Crippen LogP contribution >= 0.6 is 34.2 Å². The normalized spacial score (nSPS) is 17.5. The fraction of sp³-hybridized carbons (Fsp3) is 0.455. The second-order valence-corrected chi connectivity index (χ2v) is 10.1. The van der Waals surface area contributed by atoms with Crippen molar-refractivity contribution in [1.82, 2.24) is 0 Å². The summed E-state index contributed by atoms with van der Waals surface area (Å²) >= 11 is 7.60. The van der Waals surface area contributed by atoms with Crippen LogP contribution in [0.25, 0.3) is 0 Å². The molecule has 96 valence electrons. The molecule has 0 spiro atoms. The zero-order chi connectivity index (χ0) is 13.3. The first-order valence-corrected chi connectivity index (χ1v) is 8.18. The van der Waals surface area contributed by atoms with Gasteiger partial charge in [0.25, 0.3) is 0 Å². The van der Waals surface area contributed by atoms with Gasteiger partial charge in [-0.05, 0) is 35.1 Å². The third-order valence-corrected chi connectivity index (χ3v) is 7.80. The van der Waals surface area contributed by atoms with E-state index >= 15 is 0 Å². The van der Waals surface area contributed by atoms with Crippen LogP contribution in [0.15, 0.2) is 24.3 Å². The first-order valence-electron chi connectivity index (χ1n) is 5.07. The van der Waals surface area contributed by atoms with E-state index in [0.29, 0.717) is 5.56 Å². The van der Waals surface area contributed by atoms with Crippen LogP contribution in [0.5, 0.6) is 0 Å². The van der Waals surface area contributed by atoms with Crippen LogP contribution in [0.1, 0.15) is 24.2 Å². The van der Waals surface area contributed by atoms with Gasteiger partial charge < -0.3 is 5.11 Å². The number of hydrogen-bond donors (Lipinski definition) is 1. The van der Waals surface area contributed by atoms with Crippen LogP contribution in [0.3, 0.4) is 0 Å². The first-order chi connectivity index (χ1) is 7.72. The van der Waals surface area contributed by atoms with Crippen molar-refractivity contribution in [3.63, 3.8) is 0 Å². The van der Waals surface area contributed by atoms with Gasteiger partial charge in [-0.3, -0.25) is 0 Å². The van der Waals surface area contributed by atoms with E-state index in [0.717, 1.165) is 5.56 Å². The van der Waals surface area contributed by atoms with Gasteiger partial charge in [0.1, 0.15) is 6.10 Å². The Morgan fingerprint density at radius 1 is 1.53 bits per heavy atom. The van der Waals surface area contributed by atoms with Crippen molar-refractivity contribution in [3.05, 3.63) is 35.4 Å². The summed E-state index contributed by atoms with van der Waals surface area (Å²) in [6.07, 6.45) is -1.25. The number of hydrogen-bond acceptors (Lipinski definition) is 3. The number of alkyl halides is 2. The molecule has 0 aliphatic rings. The van der Waals surface area contributed by atoms with E-state index in [9.17, 15) is 13.5 Å². The molecule has 0 saturated carbocycles. The highest BCUT2D eigenvalue weighted by Gasteiger charge is 2.45. The minimum atomic E-state index is -3.56. The second-order valence-electron chi connectivity index (χ2n) is 3.78. The van der Waals surface area contributed by atoms with Gasteiger partial charge in [-0.25, -0.2) is 8.42 Å². The van der Waals surface area contributed by atoms with E-state index in [4.69, 9.17) is 11.6 Å². The summed E-state index contributed by atoms with van der Waals surface area (Å²) in [4.78, 5) is 0. The molecule has 1 aromatic carbocycles. The molecular weight excluding hydrogens is 375 g/mol. The van der Waals surface area contributed by atoms with Crippen molar-refractivity contribution >= 4 is 44.0 Å². The monoisotopic (exact) mass is 388 g/mol. The predicted octanol–water partition coefficient (Wildman–Crippen LogP) is 2.79. The average molecular weight is 389 g/mol. The van der Waals surface area contributed by atoms with Crippen molar-refractivity contribution in [3.8, 4) is 0 Å². The number of aryl methyl sites for hydroxylation is 1. The van der Waals surface area contributed by atoms with E-state index in [-0.39, 0.29) is 5.75 Å². The Labute approximate surface area is 120 Å². The van der Waals surface area contributed by atoms with E-state index in [1.54, 1.807) is 40.8 Å². The Hall–Kier alpha value is 0.150. The predicted molar refractivity (Wildman–Crippen MR) is 78.2 cm³/mol. The Kier molecular flexibility index (Phi) is 4.85. The van der Waals surface area contributed by atoms with Crippen molar-refractivity contribution in [2.24, 2.45) is 0 Å². The van der Waals surface area contributed by atoms with Gasteiger partial charge in [-0.2, -0.15) is 0 Å². The van der Waals surface area contributed by atoms with Gasteiger partial charge in [0.15, 0.2) is 9.84 Å². The third-order valence-electron chi connectivity index (χ3n) is 2.47. The average Bonchev–Trinajstić information content (AvgIpc) is 2.27. The molecule has 2 atom stereocenters. The molecule has 17 heavy (non-hydrogen) atoms. The molecule has 0 aliphatic heterocycles. The lowest BCUT2D eigenvalue weighted by molar-refractivity contribution is 0.187. The number of aliphatic hydroxyl groups is 1. The van der Waals surface area contributed by atoms with Gasteiger partial charge in [-0.1, -0.05) is 48.4 Å². The quantitative estimate of drug-likeness (QED) is 0.637. The van der Waals surface area contributed by atoms with Gasteiger partial charge >= 0.3 is 0 Å². The topological polar surface area (TPSA) is 54.4 Å². The maximum Gasteiger partial charge on any atom is 0.225 e. The standard InChI is InChI=1S/C11H14ClIO3S/c1-3-17(15,16)11(12,13)10(14)9-6-4-5-8(2)7-9/h4-7,10,14H,3H2,1-2H3/t10-,11-/m1/s1. The summed E-state index contributed by atoms with van der Waals surface area (Å²) in [6, 6.07) is 7.02. The highest BCUT2D eigenvalue weighted by Crippen LogP contribution is 2.43. The molecule has 6 heteroatoms. The lowest BCUT2D eigenvalue weighted by Crippen LogP contribution is -2.34. The minimum Gasteiger partial charge on any atom is -0.385 e. The van der Waals surface area contributed by atoms with Crippen LogP contribution in [-0.4, -0.2) is 21.5 Å². The largest absolute Gasteiger partial charge is 0.385 e. The molecule has 1 aromatic rings. The van der Waals surface area contributed by atoms with Crippen LogP contribution in [0.4, 0.5) is 0 Å². The lowest BCUT2D eigenvalue weighted by atomic mass is 10.1. The number of halogens is 2. The van der Waals surface area contributed by atoms with Crippen molar-refractivity contribution in [2.75, 3.05) is 5.75 Å². The van der Waals surface area contributed by atoms with Crippen LogP contribution < -0.4 is 0 Å². The van der Waals surface area contributed by atoms with Crippen LogP contribution in [0.2, 0.25) is 0 Å². The Balaban J connectivity index is 3.17. The van der Waals surface area contributed by atoms with Gasteiger partial charge in [0.2, 0.25) is 2.21 Å². The van der Waals surface area contributed by atoms with Crippen molar-refractivity contribution in [2.45, 2.75) is 22.2 Å². The fourth-order valence-corrected chi connectivity index (χ4v) is 4.01. The summed E-state index contributed by atoms with van der Waals surface area (Å²) in [5.41, 5.74) is 1.45. The SMILES string of the molecule is CCS(=O)(=O)[C@](Cl)(I)[C@H](O)c1cccc(C)c1. The molecule has 0 aliphatic carbocycles. The molecule has 1 N–H and O–H groups in total. The maximum absolute atomic E-state index is 11.8. The summed E-state index contributed by atoms with van der Waals surface area (Å²) in [7, 11) is -3.56. The van der Waals surface area contributed by atoms with E-state index in [1.165, 1.54) is 6.92 Å². The molecule has 0 fully saturated rings. The third kappa shape index (κ3) is 3.13. The highest BCUT2D eigenvalue weighted by atomic mass is 127. The Morgan fingerprint density at radius 3 is 2.59 bits per heavy atom. The van der Waals surface area contributed by atoms with Gasteiger partial charge in [0, 0.05) is 0 Å². The maximum atomic E-state index is 11.8. The summed E-state index contributed by atoms with van der Waals surface area (Å²) in [6.45, 7) is 3.38. The number of sulfone groups is 1. The minimum absolute atomic E-state index is 0.109. The second kappa shape index (κ2) is 5.42. The van der Waals surface area contributed by atoms with Crippen molar-refractivity contribution < 1.29 is 13.5 Å². The lowest BCUT2D eigenvalue weighted by Gasteiger charge is -2.26. The first kappa shape index (κ1) is 15.2. The number of aliphatic hydroxyl groups excluding tert-OH is 1. The number of rotatable bonds is 4. The molecular formula is C11H14ClIO3S. The summed E-state index contributed by atoms with van der Waals surface area (Å²) < 4.78 is 21.9. The zero-order valence-corrected chi connectivity index (χ0v) is 13.3. The smallest absolute Gasteiger partial charge is 0.225 e. The highest BCUT2D eigenvalue weighted by molar-refractivity contribution is 14.1. The molecule has 0 heterocycles. The molecule has 0 bridgehead atoms. The van der Waals surface area contributed by atoms with Crippen LogP contribution in [-0.2, 0) is 9.84 Å². The number of benzene rings is 1. The van der Waals surface area contributed by atoms with Crippen LogP contribution in [0, 0.1) is 6.92 Å². The fourth-order valence-electron chi connectivity index (χ4n) is 1.40. The molecule has 3 nitrogen and oxygen atoms in total.